The van der Waals surface area contributed by atoms with Crippen LogP contribution in [0.5, 0.6) is 0 Å². The number of aliphatic hydroxyl groups is 2. The van der Waals surface area contributed by atoms with Crippen molar-refractivity contribution in [1.29, 1.82) is 0 Å². The van der Waals surface area contributed by atoms with Gasteiger partial charge in [-0.25, -0.2) is 15.2 Å². The Kier molecular flexibility index (Phi) is 11.8. The van der Waals surface area contributed by atoms with Crippen molar-refractivity contribution >= 4 is 36.5 Å². The number of nitrogen functional groups attached to an aromatic ring is 1. The summed E-state index contributed by atoms with van der Waals surface area (Å²) in [4.78, 5) is 47.4. The van der Waals surface area contributed by atoms with Crippen LogP contribution in [0, 0.1) is 0 Å². The molecule has 0 amide bonds. The summed E-state index contributed by atoms with van der Waals surface area (Å²) in [5, 5.41) is 26.9. The summed E-state index contributed by atoms with van der Waals surface area (Å²) in [6.07, 6.45) is 0.00439. The van der Waals surface area contributed by atoms with E-state index < -0.39 is 61.6 Å². The zero-order valence-electron chi connectivity index (χ0n) is 24.1. The highest BCUT2D eigenvalue weighted by Gasteiger charge is 2.44. The van der Waals surface area contributed by atoms with Crippen LogP contribution in [-0.4, -0.2) is 85.3 Å². The van der Waals surface area contributed by atoms with E-state index in [9.17, 15) is 29.2 Å². The summed E-state index contributed by atoms with van der Waals surface area (Å²) >= 11 is 0. The smallest absolute Gasteiger partial charge is 0.323 e. The van der Waals surface area contributed by atoms with Gasteiger partial charge in [0.05, 0.1) is 19.5 Å². The molecule has 2 aromatic rings. The van der Waals surface area contributed by atoms with E-state index in [0.29, 0.717) is 12.8 Å². The van der Waals surface area contributed by atoms with E-state index in [-0.39, 0.29) is 30.3 Å². The van der Waals surface area contributed by atoms with Crippen molar-refractivity contribution in [2.75, 3.05) is 18.9 Å². The van der Waals surface area contributed by atoms with Crippen LogP contribution in [0.4, 0.5) is 5.95 Å². The number of esters is 2. The van der Waals surface area contributed by atoms with E-state index in [0.717, 1.165) is 18.7 Å². The first kappa shape index (κ1) is 33.4. The highest BCUT2D eigenvalue weighted by Crippen LogP contribution is 2.41. The minimum atomic E-state index is -3.90. The molecular formula is C25H40N7O9P. The SMILES string of the molecule is CCCCOC(=O)[C@H](C)NP(=O)(/C=C/[C@H]1O[C@@H](n2cnc3c(=O)[nH]c(N)nc32)[C@H](O)[C@@H]1O)N[C@H](C)C(=O)OCCCC. The maximum absolute atomic E-state index is 14.0. The molecule has 16 nitrogen and oxygen atoms in total. The van der Waals surface area contributed by atoms with Crippen LogP contribution in [-0.2, 0) is 28.4 Å². The molecule has 2 aromatic heterocycles. The van der Waals surface area contributed by atoms with E-state index in [1.165, 1.54) is 30.8 Å². The van der Waals surface area contributed by atoms with Gasteiger partial charge >= 0.3 is 11.9 Å². The molecule has 0 bridgehead atoms. The highest BCUT2D eigenvalue weighted by molar-refractivity contribution is 7.63. The summed E-state index contributed by atoms with van der Waals surface area (Å²) in [6, 6.07) is -2.07. The number of carbonyl (C=O) groups excluding carboxylic acids is 2. The van der Waals surface area contributed by atoms with Crippen LogP contribution in [0.3, 0.4) is 0 Å². The molecule has 1 unspecified atom stereocenters. The third-order valence-electron chi connectivity index (χ3n) is 6.45. The van der Waals surface area contributed by atoms with Crippen molar-refractivity contribution in [2.45, 2.75) is 90.0 Å². The van der Waals surface area contributed by atoms with Gasteiger partial charge in [-0.1, -0.05) is 26.7 Å². The third-order valence-corrected chi connectivity index (χ3v) is 8.58. The van der Waals surface area contributed by atoms with Crippen molar-refractivity contribution in [3.63, 3.8) is 0 Å². The fourth-order valence-electron chi connectivity index (χ4n) is 4.10. The lowest BCUT2D eigenvalue weighted by Crippen LogP contribution is -2.41. The van der Waals surface area contributed by atoms with Crippen molar-refractivity contribution < 1.29 is 38.6 Å². The van der Waals surface area contributed by atoms with Gasteiger partial charge in [-0.2, -0.15) is 4.98 Å². The number of unbranched alkanes of at least 4 members (excludes halogenated alkanes) is 2. The number of nitrogens with zero attached hydrogens (tertiary/aromatic N) is 3. The van der Waals surface area contributed by atoms with Crippen molar-refractivity contribution in [2.24, 2.45) is 0 Å². The zero-order chi connectivity index (χ0) is 31.0. The molecule has 0 radical (unpaired) electrons. The van der Waals surface area contributed by atoms with Gasteiger partial charge in [0.15, 0.2) is 17.4 Å². The van der Waals surface area contributed by atoms with Gasteiger partial charge in [0.2, 0.25) is 13.4 Å². The summed E-state index contributed by atoms with van der Waals surface area (Å²) in [6.45, 7) is 7.22. The third kappa shape index (κ3) is 8.24. The second-order valence-corrected chi connectivity index (χ2v) is 12.1. The van der Waals surface area contributed by atoms with E-state index in [1.54, 1.807) is 0 Å². The first-order chi connectivity index (χ1) is 19.9. The molecule has 1 saturated heterocycles. The van der Waals surface area contributed by atoms with Gasteiger partial charge in [0.25, 0.3) is 5.56 Å². The Balaban J connectivity index is 1.82. The molecule has 0 spiro atoms. The van der Waals surface area contributed by atoms with Gasteiger partial charge in [0.1, 0.15) is 30.4 Å². The largest absolute Gasteiger partial charge is 0.465 e. The minimum Gasteiger partial charge on any atom is -0.465 e. The monoisotopic (exact) mass is 613 g/mol. The number of aliphatic hydroxyl groups excluding tert-OH is 2. The number of ether oxygens (including phenoxy) is 3. The predicted octanol–water partition coefficient (Wildman–Crippen LogP) is 0.671. The Hall–Kier alpha value is -3.14. The number of anilines is 1. The number of imidazole rings is 1. The molecule has 17 heteroatoms. The minimum absolute atomic E-state index is 0.0250. The number of hydrogen-bond acceptors (Lipinski definition) is 12. The van der Waals surface area contributed by atoms with Crippen LogP contribution in [0.15, 0.2) is 23.0 Å². The number of rotatable bonds is 15. The molecule has 1 aliphatic rings. The quantitative estimate of drug-likeness (QED) is 0.0921. The Bertz CT molecular complexity index is 1330. The first-order valence-electron chi connectivity index (χ1n) is 13.8. The van der Waals surface area contributed by atoms with Crippen molar-refractivity contribution in [3.05, 3.63) is 28.6 Å². The predicted molar refractivity (Wildman–Crippen MR) is 152 cm³/mol. The van der Waals surface area contributed by atoms with Crippen LogP contribution in [0.25, 0.3) is 11.2 Å². The number of carbonyl (C=O) groups is 2. The van der Waals surface area contributed by atoms with Crippen molar-refractivity contribution in [3.8, 4) is 0 Å². The topological polar surface area (TPSA) is 233 Å². The van der Waals surface area contributed by atoms with Crippen LogP contribution in [0.1, 0.15) is 59.6 Å². The van der Waals surface area contributed by atoms with Crippen LogP contribution < -0.4 is 21.5 Å². The van der Waals surface area contributed by atoms with E-state index in [4.69, 9.17) is 19.9 Å². The van der Waals surface area contributed by atoms with Gasteiger partial charge in [-0.15, -0.1) is 0 Å². The zero-order valence-corrected chi connectivity index (χ0v) is 25.0. The van der Waals surface area contributed by atoms with Crippen LogP contribution >= 0.6 is 7.44 Å². The highest BCUT2D eigenvalue weighted by atomic mass is 31.2. The normalized spacial score (nSPS) is 23.6. The Morgan fingerprint density at radius 1 is 1.14 bits per heavy atom. The van der Waals surface area contributed by atoms with E-state index in [2.05, 4.69) is 25.1 Å². The fourth-order valence-corrected chi connectivity index (χ4v) is 6.12. The number of H-pyrrole nitrogens is 1. The molecule has 234 valence electrons. The summed E-state index contributed by atoms with van der Waals surface area (Å²) in [7, 11) is -3.90. The molecule has 1 aliphatic heterocycles. The number of nitrogens with one attached hydrogen (secondary N) is 3. The van der Waals surface area contributed by atoms with Crippen molar-refractivity contribution in [1.82, 2.24) is 29.7 Å². The second kappa shape index (κ2) is 14.8. The fraction of sp³-hybridized carbons (Fsp3) is 0.640. The molecular weight excluding hydrogens is 573 g/mol. The van der Waals surface area contributed by atoms with Gasteiger partial charge < -0.3 is 30.2 Å². The average molecular weight is 614 g/mol. The van der Waals surface area contributed by atoms with Gasteiger partial charge in [-0.3, -0.25) is 28.5 Å². The summed E-state index contributed by atoms with van der Waals surface area (Å²) in [5.74, 6) is -0.312. The molecule has 3 rings (SSSR count). The summed E-state index contributed by atoms with van der Waals surface area (Å²) in [5.41, 5.74) is 5.02. The Labute approximate surface area is 242 Å². The number of fused-ring (bicyclic) bond motifs is 1. The molecule has 0 saturated carbocycles. The standard InChI is InChI=1S/C25H40N7O9P/c1-5-7-10-39-23(36)14(3)30-42(38,31-15(4)24(37)40-11-8-6-2)12-9-16-18(33)19(34)22(41-16)32-13-27-17-20(32)28-25(26)29-21(17)35/h9,12-16,18-19,22,33-34H,5-8,10-11H2,1-4H3,(H2,30,31,38)(H3,26,28,29,35)/b12-9+/t14-,15+,16-,18-,19-,22-,42?/m1/s1. The lowest BCUT2D eigenvalue weighted by molar-refractivity contribution is -0.145. The maximum Gasteiger partial charge on any atom is 0.323 e. The lowest BCUT2D eigenvalue weighted by Gasteiger charge is -2.24. The Morgan fingerprint density at radius 2 is 1.71 bits per heavy atom. The van der Waals surface area contributed by atoms with Gasteiger partial charge in [-0.05, 0) is 32.8 Å². The molecule has 7 atom stereocenters. The number of aromatic amines is 1. The maximum atomic E-state index is 14.0. The molecule has 7 N–H and O–H groups in total. The molecule has 0 aromatic carbocycles. The molecule has 42 heavy (non-hydrogen) atoms. The summed E-state index contributed by atoms with van der Waals surface area (Å²) < 4.78 is 31.5. The van der Waals surface area contributed by atoms with E-state index in [1.807, 2.05) is 13.8 Å². The van der Waals surface area contributed by atoms with Crippen LogP contribution in [0.2, 0.25) is 0 Å². The first-order valence-corrected chi connectivity index (χ1v) is 15.6. The molecule has 0 aliphatic carbocycles. The second-order valence-electron chi connectivity index (χ2n) is 9.99. The Morgan fingerprint density at radius 3 is 2.26 bits per heavy atom. The lowest BCUT2D eigenvalue weighted by atomic mass is 10.1. The number of hydrogen-bond donors (Lipinski definition) is 6. The molecule has 1 fully saturated rings. The average Bonchev–Trinajstić information content (AvgIpc) is 3.48. The van der Waals surface area contributed by atoms with Gasteiger partial charge in [0, 0.05) is 5.82 Å². The molecule has 3 heterocycles. The number of nitrogens with two attached hydrogens (primary N) is 1. The number of aromatic nitrogens is 4. The van der Waals surface area contributed by atoms with E-state index >= 15 is 0 Å².